The van der Waals surface area contributed by atoms with Crippen molar-refractivity contribution in [3.8, 4) is 11.4 Å². The molecule has 0 aliphatic carbocycles. The Labute approximate surface area is 177 Å². The third kappa shape index (κ3) is 5.46. The molecular formula is C19H16F3N7O3. The number of carbonyl (C=O) groups is 2. The van der Waals surface area contributed by atoms with Crippen LogP contribution in [0.1, 0.15) is 16.2 Å². The molecule has 1 aromatic carbocycles. The molecule has 4 aromatic rings. The van der Waals surface area contributed by atoms with Gasteiger partial charge in [-0.25, -0.2) is 14.8 Å². The number of rotatable bonds is 4. The molecule has 0 atom stereocenters. The van der Waals surface area contributed by atoms with Crippen LogP contribution in [0.15, 0.2) is 55.1 Å². The van der Waals surface area contributed by atoms with E-state index in [0.717, 1.165) is 11.1 Å². The van der Waals surface area contributed by atoms with Gasteiger partial charge >= 0.3 is 12.1 Å². The molecule has 1 amide bonds. The second-order valence-corrected chi connectivity index (χ2v) is 6.29. The Morgan fingerprint density at radius 3 is 2.44 bits per heavy atom. The van der Waals surface area contributed by atoms with E-state index in [1.807, 2.05) is 30.3 Å². The predicted molar refractivity (Wildman–Crippen MR) is 107 cm³/mol. The zero-order valence-electron chi connectivity index (χ0n) is 16.2. The molecule has 0 saturated carbocycles. The number of aliphatic carboxylic acids is 1. The summed E-state index contributed by atoms with van der Waals surface area (Å²) < 4.78 is 33.5. The number of H-pyrrole nitrogens is 1. The number of fused-ring (bicyclic) bond motifs is 1. The monoisotopic (exact) mass is 447 g/mol. The molecule has 0 aliphatic heterocycles. The molecule has 13 heteroatoms. The number of alkyl halides is 3. The Hall–Kier alpha value is -4.26. The lowest BCUT2D eigenvalue weighted by Crippen LogP contribution is -2.21. The summed E-state index contributed by atoms with van der Waals surface area (Å²) in [7, 11) is 0. The van der Waals surface area contributed by atoms with Gasteiger partial charge in [0, 0.05) is 17.4 Å². The van der Waals surface area contributed by atoms with Crippen molar-refractivity contribution in [2.24, 2.45) is 5.73 Å². The van der Waals surface area contributed by atoms with Crippen molar-refractivity contribution in [2.75, 3.05) is 5.32 Å². The number of anilines is 1. The van der Waals surface area contributed by atoms with Crippen LogP contribution in [0.5, 0.6) is 0 Å². The number of imidazole rings is 1. The van der Waals surface area contributed by atoms with Crippen molar-refractivity contribution in [3.05, 3.63) is 66.5 Å². The van der Waals surface area contributed by atoms with Crippen molar-refractivity contribution in [3.63, 3.8) is 0 Å². The highest BCUT2D eigenvalue weighted by Crippen LogP contribution is 2.18. The van der Waals surface area contributed by atoms with Gasteiger partial charge in [-0.15, -0.1) is 0 Å². The largest absolute Gasteiger partial charge is 0.490 e. The Morgan fingerprint density at radius 1 is 1.16 bits per heavy atom. The zero-order chi connectivity index (χ0) is 23.3. The second-order valence-electron chi connectivity index (χ2n) is 6.29. The van der Waals surface area contributed by atoms with Crippen LogP contribution < -0.4 is 11.1 Å². The lowest BCUT2D eigenvalue weighted by molar-refractivity contribution is -0.192. The first-order chi connectivity index (χ1) is 15.2. The molecule has 32 heavy (non-hydrogen) atoms. The summed E-state index contributed by atoms with van der Waals surface area (Å²) in [5.74, 6) is -1.75. The number of carboxylic acid groups (broad SMARTS) is 1. The normalized spacial score (nSPS) is 11.0. The van der Waals surface area contributed by atoms with E-state index < -0.39 is 12.1 Å². The summed E-state index contributed by atoms with van der Waals surface area (Å²) in [6.45, 7) is 0.308. The first-order valence-corrected chi connectivity index (χ1v) is 8.92. The maximum absolute atomic E-state index is 12.4. The van der Waals surface area contributed by atoms with Crippen LogP contribution in [0.2, 0.25) is 0 Å². The molecule has 3 heterocycles. The van der Waals surface area contributed by atoms with E-state index in [2.05, 4.69) is 25.5 Å². The molecule has 5 N–H and O–H groups in total. The highest BCUT2D eigenvalue weighted by molar-refractivity contribution is 6.04. The number of nitrogens with zero attached hydrogens (tertiary/aromatic N) is 4. The smallest absolute Gasteiger partial charge is 0.475 e. The molecule has 3 aromatic heterocycles. The van der Waals surface area contributed by atoms with Gasteiger partial charge in [0.05, 0.1) is 30.1 Å². The predicted octanol–water partition coefficient (Wildman–Crippen LogP) is 2.46. The molecular weight excluding hydrogens is 431 g/mol. The highest BCUT2D eigenvalue weighted by atomic mass is 19.4. The fourth-order valence-electron chi connectivity index (χ4n) is 2.48. The van der Waals surface area contributed by atoms with Crippen LogP contribution in [0.4, 0.5) is 18.9 Å². The average Bonchev–Trinajstić information content (AvgIpc) is 3.43. The van der Waals surface area contributed by atoms with Crippen molar-refractivity contribution >= 4 is 23.1 Å². The highest BCUT2D eigenvalue weighted by Gasteiger charge is 2.38. The number of amides is 1. The van der Waals surface area contributed by atoms with E-state index in [0.29, 0.717) is 29.4 Å². The maximum Gasteiger partial charge on any atom is 0.490 e. The minimum absolute atomic E-state index is 0.188. The number of carbonyl (C=O) groups excluding carboxylic acids is 1. The zero-order valence-corrected chi connectivity index (χ0v) is 16.2. The van der Waals surface area contributed by atoms with E-state index in [9.17, 15) is 18.0 Å². The SMILES string of the molecule is NCc1nc(-c2ccc(NC(=O)c3ccc4cncn4c3)cc2)n[nH]1.O=C(O)C(F)(F)F. The number of halogens is 3. The van der Waals surface area contributed by atoms with Gasteiger partial charge in [0.15, 0.2) is 5.82 Å². The number of nitrogens with one attached hydrogen (secondary N) is 2. The van der Waals surface area contributed by atoms with Crippen molar-refractivity contribution in [2.45, 2.75) is 12.7 Å². The van der Waals surface area contributed by atoms with Crippen LogP contribution in [0, 0.1) is 0 Å². The van der Waals surface area contributed by atoms with E-state index in [-0.39, 0.29) is 5.91 Å². The summed E-state index contributed by atoms with van der Waals surface area (Å²) in [4.78, 5) is 29.6. The lowest BCUT2D eigenvalue weighted by atomic mass is 10.2. The van der Waals surface area contributed by atoms with E-state index in [4.69, 9.17) is 15.6 Å². The molecule has 10 nitrogen and oxygen atoms in total. The minimum Gasteiger partial charge on any atom is -0.475 e. The number of benzene rings is 1. The first-order valence-electron chi connectivity index (χ1n) is 8.92. The summed E-state index contributed by atoms with van der Waals surface area (Å²) >= 11 is 0. The quantitative estimate of drug-likeness (QED) is 0.375. The van der Waals surface area contributed by atoms with Crippen LogP contribution in [-0.4, -0.2) is 47.7 Å². The molecule has 0 aliphatic rings. The number of hydrogen-bond donors (Lipinski definition) is 4. The molecule has 0 spiro atoms. The first kappa shape index (κ1) is 22.4. The average molecular weight is 447 g/mol. The number of aromatic nitrogens is 5. The molecule has 0 fully saturated rings. The van der Waals surface area contributed by atoms with Gasteiger partial charge in [-0.05, 0) is 36.4 Å². The summed E-state index contributed by atoms with van der Waals surface area (Å²) in [5, 5.41) is 16.9. The fraction of sp³-hybridized carbons (Fsp3) is 0.105. The van der Waals surface area contributed by atoms with E-state index in [1.165, 1.54) is 0 Å². The van der Waals surface area contributed by atoms with Gasteiger partial charge in [0.2, 0.25) is 0 Å². The maximum atomic E-state index is 12.4. The molecule has 0 bridgehead atoms. The standard InChI is InChI=1S/C17H15N7O.C2HF3O2/c18-7-15-21-16(23-22-15)11-1-4-13(5-2-11)20-17(25)12-3-6-14-8-19-10-24(14)9-12;3-2(4,5)1(6)7/h1-6,8-10H,7,18H2,(H,20,25)(H,21,22,23);(H,6,7). The van der Waals surface area contributed by atoms with Crippen LogP contribution in [0.3, 0.4) is 0 Å². The van der Waals surface area contributed by atoms with Crippen LogP contribution >= 0.6 is 0 Å². The third-order valence-corrected chi connectivity index (χ3v) is 4.04. The third-order valence-electron chi connectivity index (χ3n) is 4.04. The van der Waals surface area contributed by atoms with Gasteiger partial charge < -0.3 is 20.6 Å². The number of nitrogens with two attached hydrogens (primary N) is 1. The Bertz CT molecular complexity index is 1230. The molecule has 0 saturated heterocycles. The molecule has 0 radical (unpaired) electrons. The van der Waals surface area contributed by atoms with Gasteiger partial charge in [0.25, 0.3) is 5.91 Å². The van der Waals surface area contributed by atoms with Gasteiger partial charge in [-0.1, -0.05) is 0 Å². The van der Waals surface area contributed by atoms with Crippen molar-refractivity contribution in [1.82, 2.24) is 24.6 Å². The van der Waals surface area contributed by atoms with Gasteiger partial charge in [-0.3, -0.25) is 9.89 Å². The Morgan fingerprint density at radius 2 is 1.84 bits per heavy atom. The van der Waals surface area contributed by atoms with Crippen molar-refractivity contribution < 1.29 is 27.9 Å². The topological polar surface area (TPSA) is 151 Å². The number of carboxylic acids is 1. The second kappa shape index (κ2) is 9.26. The summed E-state index contributed by atoms with van der Waals surface area (Å²) in [6.07, 6.45) is 0.0565. The molecule has 0 unspecified atom stereocenters. The molecule has 166 valence electrons. The van der Waals surface area contributed by atoms with Gasteiger partial charge in [0.1, 0.15) is 5.82 Å². The molecule has 4 rings (SSSR count). The van der Waals surface area contributed by atoms with Crippen molar-refractivity contribution in [1.29, 1.82) is 0 Å². The minimum atomic E-state index is -5.08. The summed E-state index contributed by atoms with van der Waals surface area (Å²) in [6, 6.07) is 10.9. The lowest BCUT2D eigenvalue weighted by Gasteiger charge is -2.06. The summed E-state index contributed by atoms with van der Waals surface area (Å²) in [5.41, 5.74) is 8.53. The number of hydrogen-bond acceptors (Lipinski definition) is 6. The van der Waals surface area contributed by atoms with E-state index >= 15 is 0 Å². The Balaban J connectivity index is 0.000000360. The fourth-order valence-corrected chi connectivity index (χ4v) is 2.48. The Kier molecular flexibility index (Phi) is 6.49. The van der Waals surface area contributed by atoms with E-state index in [1.54, 1.807) is 29.2 Å². The van der Waals surface area contributed by atoms with Crippen LogP contribution in [-0.2, 0) is 11.3 Å². The van der Waals surface area contributed by atoms with Crippen LogP contribution in [0.25, 0.3) is 16.9 Å². The number of aromatic amines is 1. The van der Waals surface area contributed by atoms with Gasteiger partial charge in [-0.2, -0.15) is 18.3 Å². The number of pyridine rings is 1.